The minimum atomic E-state index is -0.499. The Labute approximate surface area is 100 Å². The molecule has 0 aliphatic carbocycles. The second-order valence-corrected chi connectivity index (χ2v) is 4.02. The highest BCUT2D eigenvalue weighted by molar-refractivity contribution is 5.85. The first-order chi connectivity index (χ1) is 8.20. The summed E-state index contributed by atoms with van der Waals surface area (Å²) in [5.41, 5.74) is 0. The number of rotatable bonds is 2. The van der Waals surface area contributed by atoms with Gasteiger partial charge in [0.05, 0.1) is 7.11 Å². The van der Waals surface area contributed by atoms with Crippen LogP contribution in [0.3, 0.4) is 0 Å². The third-order valence-electron chi connectivity index (χ3n) is 2.84. The maximum absolute atomic E-state index is 11.3. The number of likely N-dealkylation sites (N-methyl/N-ethyl adjacent to an activating group) is 1. The number of aromatic nitrogens is 2. The summed E-state index contributed by atoms with van der Waals surface area (Å²) in [6.07, 6.45) is 1.59. The first-order valence-electron chi connectivity index (χ1n) is 5.55. The number of carbonyl (C=O) groups is 1. The molecule has 0 aromatic carbocycles. The van der Waals surface area contributed by atoms with Crippen molar-refractivity contribution in [3.8, 4) is 0 Å². The van der Waals surface area contributed by atoms with Crippen LogP contribution in [0.15, 0.2) is 12.3 Å². The summed E-state index contributed by atoms with van der Waals surface area (Å²) in [6.45, 7) is 3.82. The normalized spacial score (nSPS) is 16.9. The standard InChI is InChI=1S/C11H16N4O2/c1-14-5-7-15(8-6-14)9-3-4-12-10(13-9)11(16)17-2/h3-4H,5-8H2,1-2H3. The topological polar surface area (TPSA) is 58.6 Å². The van der Waals surface area contributed by atoms with E-state index in [4.69, 9.17) is 0 Å². The molecule has 1 aliphatic rings. The Morgan fingerprint density at radius 3 is 2.71 bits per heavy atom. The molecule has 1 aromatic rings. The van der Waals surface area contributed by atoms with Gasteiger partial charge < -0.3 is 14.5 Å². The number of anilines is 1. The number of nitrogens with zero attached hydrogens (tertiary/aromatic N) is 4. The van der Waals surface area contributed by atoms with Crippen LogP contribution in [0, 0.1) is 0 Å². The fourth-order valence-electron chi connectivity index (χ4n) is 1.75. The zero-order valence-corrected chi connectivity index (χ0v) is 10.1. The maximum atomic E-state index is 11.3. The first kappa shape index (κ1) is 11.8. The molecule has 92 valence electrons. The number of esters is 1. The van der Waals surface area contributed by atoms with E-state index in [0.29, 0.717) is 0 Å². The summed E-state index contributed by atoms with van der Waals surface area (Å²) in [5, 5.41) is 0. The maximum Gasteiger partial charge on any atom is 0.376 e. The van der Waals surface area contributed by atoms with Gasteiger partial charge in [0, 0.05) is 32.4 Å². The van der Waals surface area contributed by atoms with E-state index in [9.17, 15) is 4.79 Å². The molecule has 0 unspecified atom stereocenters. The molecule has 1 saturated heterocycles. The Kier molecular flexibility index (Phi) is 3.53. The lowest BCUT2D eigenvalue weighted by atomic mass is 10.3. The molecule has 2 heterocycles. The summed E-state index contributed by atoms with van der Waals surface area (Å²) in [5.74, 6) is 0.401. The van der Waals surface area contributed by atoms with Gasteiger partial charge in [-0.05, 0) is 13.1 Å². The molecule has 0 bridgehead atoms. The molecule has 6 nitrogen and oxygen atoms in total. The number of hydrogen-bond donors (Lipinski definition) is 0. The van der Waals surface area contributed by atoms with Gasteiger partial charge in [-0.15, -0.1) is 0 Å². The van der Waals surface area contributed by atoms with Crippen molar-refractivity contribution in [1.82, 2.24) is 14.9 Å². The van der Waals surface area contributed by atoms with E-state index in [1.807, 2.05) is 6.07 Å². The Morgan fingerprint density at radius 2 is 2.06 bits per heavy atom. The van der Waals surface area contributed by atoms with Gasteiger partial charge in [-0.3, -0.25) is 0 Å². The van der Waals surface area contributed by atoms with Gasteiger partial charge in [0.2, 0.25) is 5.82 Å². The molecule has 0 saturated carbocycles. The summed E-state index contributed by atoms with van der Waals surface area (Å²) in [6, 6.07) is 1.82. The lowest BCUT2D eigenvalue weighted by Gasteiger charge is -2.33. The van der Waals surface area contributed by atoms with Crippen LogP contribution in [0.25, 0.3) is 0 Å². The van der Waals surface area contributed by atoms with Crippen molar-refractivity contribution in [2.24, 2.45) is 0 Å². The van der Waals surface area contributed by atoms with Gasteiger partial charge in [-0.25, -0.2) is 14.8 Å². The SMILES string of the molecule is COC(=O)c1nccc(N2CCN(C)CC2)n1. The summed E-state index contributed by atoms with van der Waals surface area (Å²) in [7, 11) is 3.42. The highest BCUT2D eigenvalue weighted by Gasteiger charge is 2.17. The number of hydrogen-bond acceptors (Lipinski definition) is 6. The van der Waals surface area contributed by atoms with Crippen LogP contribution in [0.2, 0.25) is 0 Å². The van der Waals surface area contributed by atoms with Gasteiger partial charge in [0.15, 0.2) is 0 Å². The number of piperazine rings is 1. The van der Waals surface area contributed by atoms with Crippen LogP contribution in [0.5, 0.6) is 0 Å². The van der Waals surface area contributed by atoms with Crippen LogP contribution < -0.4 is 4.90 Å². The summed E-state index contributed by atoms with van der Waals surface area (Å²) >= 11 is 0. The van der Waals surface area contributed by atoms with Crippen molar-refractivity contribution in [3.05, 3.63) is 18.1 Å². The van der Waals surface area contributed by atoms with Gasteiger partial charge in [-0.2, -0.15) is 0 Å². The van der Waals surface area contributed by atoms with Crippen molar-refractivity contribution < 1.29 is 9.53 Å². The van der Waals surface area contributed by atoms with Crippen molar-refractivity contribution in [3.63, 3.8) is 0 Å². The molecule has 17 heavy (non-hydrogen) atoms. The third-order valence-corrected chi connectivity index (χ3v) is 2.84. The van der Waals surface area contributed by atoms with E-state index in [-0.39, 0.29) is 5.82 Å². The molecule has 6 heteroatoms. The van der Waals surface area contributed by atoms with Gasteiger partial charge >= 0.3 is 5.97 Å². The number of ether oxygens (including phenoxy) is 1. The van der Waals surface area contributed by atoms with Crippen LogP contribution in [-0.2, 0) is 4.74 Å². The molecule has 0 N–H and O–H groups in total. The zero-order chi connectivity index (χ0) is 12.3. The predicted molar refractivity (Wildman–Crippen MR) is 63.1 cm³/mol. The minimum Gasteiger partial charge on any atom is -0.463 e. The van der Waals surface area contributed by atoms with E-state index >= 15 is 0 Å². The lowest BCUT2D eigenvalue weighted by Crippen LogP contribution is -2.44. The average molecular weight is 236 g/mol. The average Bonchev–Trinajstić information content (AvgIpc) is 2.39. The van der Waals surface area contributed by atoms with Crippen molar-refractivity contribution >= 4 is 11.8 Å². The van der Waals surface area contributed by atoms with Gasteiger partial charge in [0.1, 0.15) is 5.82 Å². The largest absolute Gasteiger partial charge is 0.463 e. The molecule has 1 aromatic heterocycles. The summed E-state index contributed by atoms with van der Waals surface area (Å²) in [4.78, 5) is 23.8. The van der Waals surface area contributed by atoms with E-state index in [1.54, 1.807) is 6.20 Å². The number of carbonyl (C=O) groups excluding carboxylic acids is 1. The zero-order valence-electron chi connectivity index (χ0n) is 10.1. The van der Waals surface area contributed by atoms with Crippen molar-refractivity contribution in [2.75, 3.05) is 45.2 Å². The molecule has 0 atom stereocenters. The van der Waals surface area contributed by atoms with E-state index in [2.05, 4.69) is 31.6 Å². The quantitative estimate of drug-likeness (QED) is 0.674. The molecule has 1 fully saturated rings. The third kappa shape index (κ3) is 2.71. The smallest absolute Gasteiger partial charge is 0.376 e. The monoisotopic (exact) mass is 236 g/mol. The second-order valence-electron chi connectivity index (χ2n) is 4.02. The van der Waals surface area contributed by atoms with Crippen LogP contribution in [0.1, 0.15) is 10.6 Å². The lowest BCUT2D eigenvalue weighted by molar-refractivity contribution is 0.0586. The van der Waals surface area contributed by atoms with Crippen molar-refractivity contribution in [1.29, 1.82) is 0 Å². The van der Waals surface area contributed by atoms with Gasteiger partial charge in [-0.1, -0.05) is 0 Å². The van der Waals surface area contributed by atoms with E-state index in [0.717, 1.165) is 32.0 Å². The first-order valence-corrected chi connectivity index (χ1v) is 5.55. The molecular weight excluding hydrogens is 220 g/mol. The van der Waals surface area contributed by atoms with Crippen LogP contribution >= 0.6 is 0 Å². The molecular formula is C11H16N4O2. The molecule has 1 aliphatic heterocycles. The molecule has 0 radical (unpaired) electrons. The Balaban J connectivity index is 2.13. The summed E-state index contributed by atoms with van der Waals surface area (Å²) < 4.78 is 4.60. The fraction of sp³-hybridized carbons (Fsp3) is 0.545. The van der Waals surface area contributed by atoms with Gasteiger partial charge in [0.25, 0.3) is 0 Å². The Morgan fingerprint density at radius 1 is 1.35 bits per heavy atom. The number of methoxy groups -OCH3 is 1. The molecule has 0 spiro atoms. The van der Waals surface area contributed by atoms with Crippen molar-refractivity contribution in [2.45, 2.75) is 0 Å². The second kappa shape index (κ2) is 5.09. The fourth-order valence-corrected chi connectivity index (χ4v) is 1.75. The predicted octanol–water partition coefficient (Wildman–Crippen LogP) is 0.0150. The Hall–Kier alpha value is -1.69. The highest BCUT2D eigenvalue weighted by atomic mass is 16.5. The van der Waals surface area contributed by atoms with Crippen LogP contribution in [-0.4, -0.2) is 61.2 Å². The van der Waals surface area contributed by atoms with E-state index in [1.165, 1.54) is 7.11 Å². The molecule has 2 rings (SSSR count). The molecule has 0 amide bonds. The minimum absolute atomic E-state index is 0.115. The van der Waals surface area contributed by atoms with E-state index < -0.39 is 5.97 Å². The highest BCUT2D eigenvalue weighted by Crippen LogP contribution is 2.12. The van der Waals surface area contributed by atoms with Crippen LogP contribution in [0.4, 0.5) is 5.82 Å². The Bertz CT molecular complexity index is 402.